The van der Waals surface area contributed by atoms with Crippen LogP contribution in [0.15, 0.2) is 73.2 Å². The number of esters is 1. The second kappa shape index (κ2) is 9.36. The topological polar surface area (TPSA) is 105 Å². The van der Waals surface area contributed by atoms with Gasteiger partial charge in [0.25, 0.3) is 0 Å². The molecule has 2 unspecified atom stereocenters. The quantitative estimate of drug-likeness (QED) is 0.439. The maximum atomic E-state index is 11.9. The van der Waals surface area contributed by atoms with Crippen molar-refractivity contribution in [2.45, 2.75) is 32.3 Å². The molecule has 0 saturated carbocycles. The minimum absolute atomic E-state index is 0.166. The van der Waals surface area contributed by atoms with Crippen LogP contribution in [0.25, 0.3) is 11.2 Å². The van der Waals surface area contributed by atoms with Gasteiger partial charge in [-0.05, 0) is 11.1 Å². The van der Waals surface area contributed by atoms with E-state index in [1.807, 2.05) is 60.7 Å². The highest BCUT2D eigenvalue weighted by Gasteiger charge is 2.27. The summed E-state index contributed by atoms with van der Waals surface area (Å²) in [7, 11) is 0. The summed E-state index contributed by atoms with van der Waals surface area (Å²) in [4.78, 5) is 24.3. The first kappa shape index (κ1) is 20.5. The van der Waals surface area contributed by atoms with Gasteiger partial charge in [-0.25, -0.2) is 9.97 Å². The Labute approximate surface area is 179 Å². The molecular weight excluding hydrogens is 394 g/mol. The molecule has 4 rings (SSSR count). The van der Waals surface area contributed by atoms with Crippen LogP contribution in [0.5, 0.6) is 0 Å². The second-order valence-corrected chi connectivity index (χ2v) is 7.12. The lowest BCUT2D eigenvalue weighted by Crippen LogP contribution is -2.29. The van der Waals surface area contributed by atoms with Gasteiger partial charge in [0.05, 0.1) is 12.5 Å². The van der Waals surface area contributed by atoms with Crippen molar-refractivity contribution in [2.24, 2.45) is 0 Å². The van der Waals surface area contributed by atoms with Crippen LogP contribution >= 0.6 is 0 Å². The average Bonchev–Trinajstić information content (AvgIpc) is 3.18. The highest BCUT2D eigenvalue weighted by Crippen LogP contribution is 2.27. The number of hydrogen-bond donors (Lipinski definition) is 1. The molecule has 31 heavy (non-hydrogen) atoms. The molecule has 0 aliphatic heterocycles. The first-order valence-electron chi connectivity index (χ1n) is 9.91. The van der Waals surface area contributed by atoms with Crippen molar-refractivity contribution >= 4 is 23.1 Å². The van der Waals surface area contributed by atoms with Gasteiger partial charge in [-0.1, -0.05) is 60.7 Å². The van der Waals surface area contributed by atoms with Crippen LogP contribution in [-0.2, 0) is 27.4 Å². The predicted molar refractivity (Wildman–Crippen MR) is 116 cm³/mol. The Kier molecular flexibility index (Phi) is 6.18. The van der Waals surface area contributed by atoms with Gasteiger partial charge in [0, 0.05) is 13.3 Å². The van der Waals surface area contributed by atoms with Crippen molar-refractivity contribution in [3.63, 3.8) is 0 Å². The number of carbonyl (C=O) groups excluding carboxylic acids is 1. The van der Waals surface area contributed by atoms with Gasteiger partial charge < -0.3 is 19.8 Å². The molecule has 0 aliphatic rings. The number of rotatable bonds is 8. The summed E-state index contributed by atoms with van der Waals surface area (Å²) < 4.78 is 13.8. The van der Waals surface area contributed by atoms with Crippen LogP contribution in [0.3, 0.4) is 0 Å². The smallest absolute Gasteiger partial charge is 0.303 e. The zero-order chi connectivity index (χ0) is 21.6. The number of carbonyl (C=O) groups is 1. The number of fused-ring (bicyclic) bond motifs is 1. The maximum Gasteiger partial charge on any atom is 0.303 e. The van der Waals surface area contributed by atoms with E-state index in [1.54, 1.807) is 17.1 Å². The number of benzene rings is 2. The molecule has 2 aromatic heterocycles. The molecule has 0 aliphatic carbocycles. The van der Waals surface area contributed by atoms with E-state index in [2.05, 4.69) is 15.0 Å². The summed E-state index contributed by atoms with van der Waals surface area (Å²) >= 11 is 0. The summed E-state index contributed by atoms with van der Waals surface area (Å²) in [5.41, 5.74) is 8.78. The van der Waals surface area contributed by atoms with Gasteiger partial charge in [-0.2, -0.15) is 4.98 Å². The van der Waals surface area contributed by atoms with E-state index in [0.717, 1.165) is 11.1 Å². The van der Waals surface area contributed by atoms with Crippen molar-refractivity contribution < 1.29 is 14.3 Å². The Morgan fingerprint density at radius 2 is 1.77 bits per heavy atom. The number of anilines is 1. The third-order valence-corrected chi connectivity index (χ3v) is 4.86. The van der Waals surface area contributed by atoms with E-state index in [0.29, 0.717) is 17.6 Å². The van der Waals surface area contributed by atoms with Gasteiger partial charge >= 0.3 is 5.97 Å². The summed E-state index contributed by atoms with van der Waals surface area (Å²) in [6.07, 6.45) is 2.80. The second-order valence-electron chi connectivity index (χ2n) is 7.12. The fraction of sp³-hybridized carbons (Fsp3) is 0.217. The van der Waals surface area contributed by atoms with E-state index in [4.69, 9.17) is 15.2 Å². The Balaban J connectivity index is 1.63. The van der Waals surface area contributed by atoms with Crippen molar-refractivity contribution in [3.05, 3.63) is 84.3 Å². The lowest BCUT2D eigenvalue weighted by Gasteiger charge is -2.27. The summed E-state index contributed by atoms with van der Waals surface area (Å²) in [5.74, 6) is -0.202. The third-order valence-electron chi connectivity index (χ3n) is 4.86. The molecule has 0 bridgehead atoms. The van der Waals surface area contributed by atoms with E-state index in [-0.39, 0.29) is 18.6 Å². The molecule has 4 aromatic rings. The third kappa shape index (κ3) is 5.04. The maximum absolute atomic E-state index is 11.9. The van der Waals surface area contributed by atoms with Crippen LogP contribution < -0.4 is 5.73 Å². The Hall–Kier alpha value is -3.78. The molecule has 8 nitrogen and oxygen atoms in total. The Bertz CT molecular complexity index is 1150. The van der Waals surface area contributed by atoms with Crippen molar-refractivity contribution in [3.8, 4) is 0 Å². The molecule has 0 fully saturated rings. The minimum atomic E-state index is -0.569. The first-order chi connectivity index (χ1) is 15.1. The fourth-order valence-corrected chi connectivity index (χ4v) is 3.42. The van der Waals surface area contributed by atoms with Crippen LogP contribution in [-0.4, -0.2) is 31.6 Å². The molecule has 8 heteroatoms. The van der Waals surface area contributed by atoms with Crippen LogP contribution in [0.4, 0.5) is 5.95 Å². The number of aromatic nitrogens is 4. The lowest BCUT2D eigenvalue weighted by atomic mass is 9.98. The molecule has 0 spiro atoms. The van der Waals surface area contributed by atoms with Crippen molar-refractivity contribution in [1.29, 1.82) is 0 Å². The Morgan fingerprint density at radius 1 is 1.06 bits per heavy atom. The number of imidazole rings is 1. The van der Waals surface area contributed by atoms with E-state index in [1.165, 1.54) is 6.92 Å². The van der Waals surface area contributed by atoms with Gasteiger partial charge in [0.1, 0.15) is 18.4 Å². The summed E-state index contributed by atoms with van der Waals surface area (Å²) in [6.45, 7) is 1.59. The van der Waals surface area contributed by atoms with Crippen LogP contribution in [0.1, 0.15) is 24.2 Å². The number of ether oxygens (including phenoxy) is 2. The molecule has 2 aromatic carbocycles. The number of nitrogen functional groups attached to an aromatic ring is 1. The molecule has 0 radical (unpaired) electrons. The van der Waals surface area contributed by atoms with Crippen molar-refractivity contribution in [1.82, 2.24) is 19.5 Å². The summed E-state index contributed by atoms with van der Waals surface area (Å²) in [5, 5.41) is 0. The highest BCUT2D eigenvalue weighted by atomic mass is 16.6. The average molecular weight is 417 g/mol. The first-order valence-corrected chi connectivity index (χ1v) is 9.91. The molecule has 2 atom stereocenters. The lowest BCUT2D eigenvalue weighted by molar-refractivity contribution is -0.158. The molecule has 2 heterocycles. The molecule has 0 saturated heterocycles. The van der Waals surface area contributed by atoms with Crippen molar-refractivity contribution in [2.75, 3.05) is 5.73 Å². The zero-order valence-electron chi connectivity index (χ0n) is 17.1. The van der Waals surface area contributed by atoms with E-state index < -0.39 is 12.2 Å². The molecule has 158 valence electrons. The predicted octanol–water partition coefficient (Wildman–Crippen LogP) is 3.30. The highest BCUT2D eigenvalue weighted by molar-refractivity contribution is 5.70. The molecule has 2 N–H and O–H groups in total. The van der Waals surface area contributed by atoms with Crippen LogP contribution in [0.2, 0.25) is 0 Å². The molecule has 0 amide bonds. The minimum Gasteiger partial charge on any atom is -0.455 e. The van der Waals surface area contributed by atoms with Gasteiger partial charge in [-0.3, -0.25) is 4.79 Å². The number of hydrogen-bond acceptors (Lipinski definition) is 7. The molecular formula is C23H23N5O3. The van der Waals surface area contributed by atoms with Gasteiger partial charge in [0.2, 0.25) is 5.95 Å². The fourth-order valence-electron chi connectivity index (χ4n) is 3.42. The van der Waals surface area contributed by atoms with E-state index >= 15 is 0 Å². The standard InChI is InChI=1S/C23H23N5O3/c1-16(29)31-21(18-10-6-3-7-11-18)20(12-17-8-4-2-5-9-17)30-15-28-14-26-22-19(28)13-25-23(24)27-22/h2-11,13-14,20-21H,12,15H2,1H3,(H2,24,25,27). The Morgan fingerprint density at radius 3 is 2.48 bits per heavy atom. The zero-order valence-corrected chi connectivity index (χ0v) is 17.1. The normalized spacial score (nSPS) is 13.1. The summed E-state index contributed by atoms with van der Waals surface area (Å²) in [6, 6.07) is 19.6. The van der Waals surface area contributed by atoms with Gasteiger partial charge in [-0.15, -0.1) is 0 Å². The largest absolute Gasteiger partial charge is 0.455 e. The van der Waals surface area contributed by atoms with E-state index in [9.17, 15) is 4.79 Å². The number of nitrogens with two attached hydrogens (primary N) is 1. The van der Waals surface area contributed by atoms with Crippen LogP contribution in [0, 0.1) is 0 Å². The number of nitrogens with zero attached hydrogens (tertiary/aromatic N) is 4. The van der Waals surface area contributed by atoms with Gasteiger partial charge in [0.15, 0.2) is 11.8 Å². The SMILES string of the molecule is CC(=O)OC(c1ccccc1)C(Cc1ccccc1)OCn1cnc2nc(N)ncc21. The monoisotopic (exact) mass is 417 g/mol.